The van der Waals surface area contributed by atoms with E-state index >= 15 is 0 Å². The molecular formula is C7H8NO-. The van der Waals surface area contributed by atoms with E-state index in [0.717, 1.165) is 5.69 Å². The van der Waals surface area contributed by atoms with Gasteiger partial charge in [-0.1, -0.05) is 5.69 Å². The Morgan fingerprint density at radius 2 is 2.56 bits per heavy atom. The summed E-state index contributed by atoms with van der Waals surface area (Å²) in [4.78, 5) is 10.4. The van der Waals surface area contributed by atoms with Crippen LogP contribution in [0.5, 0.6) is 0 Å². The molecule has 0 spiro atoms. The van der Waals surface area contributed by atoms with Crippen LogP contribution in [0.15, 0.2) is 24.3 Å². The second kappa shape index (κ2) is 2.40. The number of anilines is 1. The number of hydrogen-bond donors (Lipinski definition) is 1. The number of hydrogen-bond acceptors (Lipinski definition) is 1. The Morgan fingerprint density at radius 1 is 1.78 bits per heavy atom. The summed E-state index contributed by atoms with van der Waals surface area (Å²) >= 11 is 0. The first kappa shape index (κ1) is 5.95. The van der Waals surface area contributed by atoms with E-state index in [4.69, 9.17) is 0 Å². The first-order valence-corrected chi connectivity index (χ1v) is 2.78. The second-order valence-electron chi connectivity index (χ2n) is 1.85. The van der Waals surface area contributed by atoms with E-state index < -0.39 is 0 Å². The molecule has 1 aromatic carbocycles. The fraction of sp³-hybridized carbons (Fsp3) is 0.143. The van der Waals surface area contributed by atoms with Crippen molar-refractivity contribution in [2.24, 2.45) is 0 Å². The van der Waals surface area contributed by atoms with Crippen molar-refractivity contribution in [1.82, 2.24) is 0 Å². The smallest absolute Gasteiger partial charge is 0.219 e. The van der Waals surface area contributed by atoms with E-state index in [0.29, 0.717) is 0 Å². The van der Waals surface area contributed by atoms with Crippen LogP contribution in [0.1, 0.15) is 6.92 Å². The molecule has 1 rings (SSSR count). The molecule has 0 radical (unpaired) electrons. The first-order valence-electron chi connectivity index (χ1n) is 2.78. The van der Waals surface area contributed by atoms with Gasteiger partial charge in [-0.3, -0.25) is 4.79 Å². The topological polar surface area (TPSA) is 29.1 Å². The zero-order chi connectivity index (χ0) is 6.69. The SMILES string of the molecule is CC(=O)Nc1ccc[cH-]1. The van der Waals surface area contributed by atoms with Gasteiger partial charge in [0.25, 0.3) is 0 Å². The van der Waals surface area contributed by atoms with Crippen molar-refractivity contribution >= 4 is 11.6 Å². The van der Waals surface area contributed by atoms with Gasteiger partial charge in [0.1, 0.15) is 0 Å². The monoisotopic (exact) mass is 122 g/mol. The standard InChI is InChI=1S/C7H8NO/c1-6(9)8-7-4-2-3-5-7/h2-5H,1H3,(H,8,9)/q-1. The quantitative estimate of drug-likeness (QED) is 0.560. The Labute approximate surface area is 53.9 Å². The van der Waals surface area contributed by atoms with Gasteiger partial charge in [-0.2, -0.15) is 12.1 Å². The van der Waals surface area contributed by atoms with E-state index in [1.807, 2.05) is 24.3 Å². The second-order valence-corrected chi connectivity index (χ2v) is 1.85. The summed E-state index contributed by atoms with van der Waals surface area (Å²) in [7, 11) is 0. The molecule has 1 aromatic rings. The van der Waals surface area contributed by atoms with Crippen molar-refractivity contribution < 1.29 is 4.79 Å². The van der Waals surface area contributed by atoms with Crippen molar-refractivity contribution in [3.63, 3.8) is 0 Å². The van der Waals surface area contributed by atoms with Crippen LogP contribution < -0.4 is 5.32 Å². The molecule has 0 bridgehead atoms. The molecule has 0 fully saturated rings. The lowest BCUT2D eigenvalue weighted by Gasteiger charge is -1.99. The van der Waals surface area contributed by atoms with Gasteiger partial charge in [0.2, 0.25) is 5.91 Å². The minimum Gasteiger partial charge on any atom is -0.350 e. The average Bonchev–Trinajstić information content (AvgIpc) is 2.15. The maximum Gasteiger partial charge on any atom is 0.219 e. The molecule has 0 heterocycles. The Morgan fingerprint density at radius 3 is 3.00 bits per heavy atom. The minimum absolute atomic E-state index is 0.0267. The van der Waals surface area contributed by atoms with E-state index in [9.17, 15) is 4.79 Å². The normalized spacial score (nSPS) is 9.00. The van der Waals surface area contributed by atoms with Gasteiger partial charge < -0.3 is 5.32 Å². The van der Waals surface area contributed by atoms with E-state index in [2.05, 4.69) is 5.32 Å². The molecule has 0 aromatic heterocycles. The summed E-state index contributed by atoms with van der Waals surface area (Å²) in [6.45, 7) is 1.49. The molecular weight excluding hydrogens is 114 g/mol. The molecule has 0 atom stereocenters. The highest BCUT2D eigenvalue weighted by molar-refractivity contribution is 5.88. The molecule has 1 amide bonds. The van der Waals surface area contributed by atoms with Gasteiger partial charge >= 0.3 is 0 Å². The lowest BCUT2D eigenvalue weighted by Crippen LogP contribution is -2.03. The predicted molar refractivity (Wildman–Crippen MR) is 36.3 cm³/mol. The highest BCUT2D eigenvalue weighted by atomic mass is 16.1. The van der Waals surface area contributed by atoms with Crippen LogP contribution >= 0.6 is 0 Å². The number of carbonyl (C=O) groups is 1. The number of amides is 1. The maximum atomic E-state index is 10.4. The highest BCUT2D eigenvalue weighted by Gasteiger charge is 1.84. The van der Waals surface area contributed by atoms with Gasteiger partial charge in [-0.25, -0.2) is 6.07 Å². The van der Waals surface area contributed by atoms with Crippen molar-refractivity contribution in [3.05, 3.63) is 24.3 Å². The molecule has 0 aliphatic carbocycles. The van der Waals surface area contributed by atoms with Gasteiger partial charge in [0.05, 0.1) is 0 Å². The van der Waals surface area contributed by atoms with Gasteiger partial charge in [-0.05, 0) is 0 Å². The minimum atomic E-state index is -0.0267. The lowest BCUT2D eigenvalue weighted by molar-refractivity contribution is -0.114. The molecule has 0 saturated heterocycles. The molecule has 2 heteroatoms. The van der Waals surface area contributed by atoms with E-state index in [1.54, 1.807) is 0 Å². The number of rotatable bonds is 1. The zero-order valence-electron chi connectivity index (χ0n) is 5.22. The first-order chi connectivity index (χ1) is 4.29. The summed E-state index contributed by atoms with van der Waals surface area (Å²) in [5, 5.41) is 2.65. The van der Waals surface area contributed by atoms with Gasteiger partial charge in [0, 0.05) is 6.92 Å². The third kappa shape index (κ3) is 1.64. The zero-order valence-corrected chi connectivity index (χ0v) is 5.22. The van der Waals surface area contributed by atoms with Crippen molar-refractivity contribution in [3.8, 4) is 0 Å². The average molecular weight is 122 g/mol. The van der Waals surface area contributed by atoms with E-state index in [1.165, 1.54) is 6.92 Å². The van der Waals surface area contributed by atoms with Crippen LogP contribution in [0.2, 0.25) is 0 Å². The van der Waals surface area contributed by atoms with E-state index in [-0.39, 0.29) is 5.91 Å². The highest BCUT2D eigenvalue weighted by Crippen LogP contribution is 2.05. The molecule has 0 unspecified atom stereocenters. The largest absolute Gasteiger partial charge is 0.350 e. The number of carbonyl (C=O) groups excluding carboxylic acids is 1. The number of nitrogens with one attached hydrogen (secondary N) is 1. The molecule has 0 aliphatic rings. The Bertz CT molecular complexity index is 189. The molecule has 1 N–H and O–H groups in total. The molecule has 48 valence electrons. The summed E-state index contributed by atoms with van der Waals surface area (Å²) in [6, 6.07) is 7.46. The third-order valence-corrected chi connectivity index (χ3v) is 0.983. The summed E-state index contributed by atoms with van der Waals surface area (Å²) in [5.74, 6) is -0.0267. The molecule has 9 heavy (non-hydrogen) atoms. The van der Waals surface area contributed by atoms with Crippen LogP contribution in [-0.2, 0) is 4.79 Å². The maximum absolute atomic E-state index is 10.4. The molecule has 0 aliphatic heterocycles. The molecule has 2 nitrogen and oxygen atoms in total. The Balaban J connectivity index is 2.58. The van der Waals surface area contributed by atoms with Crippen LogP contribution in [0.25, 0.3) is 0 Å². The van der Waals surface area contributed by atoms with Crippen LogP contribution in [0, 0.1) is 0 Å². The van der Waals surface area contributed by atoms with Crippen LogP contribution in [0.4, 0.5) is 5.69 Å². The molecule has 0 saturated carbocycles. The predicted octanol–water partition coefficient (Wildman–Crippen LogP) is 1.36. The van der Waals surface area contributed by atoms with Gasteiger partial charge in [-0.15, -0.1) is 6.07 Å². The fourth-order valence-electron chi connectivity index (χ4n) is 0.661. The fourth-order valence-corrected chi connectivity index (χ4v) is 0.661. The van der Waals surface area contributed by atoms with Crippen molar-refractivity contribution in [2.75, 3.05) is 5.32 Å². The van der Waals surface area contributed by atoms with Crippen molar-refractivity contribution in [1.29, 1.82) is 0 Å². The lowest BCUT2D eigenvalue weighted by atomic mass is 10.5. The Hall–Kier alpha value is -1.18. The summed E-state index contributed by atoms with van der Waals surface area (Å²) < 4.78 is 0. The summed E-state index contributed by atoms with van der Waals surface area (Å²) in [6.07, 6.45) is 0. The van der Waals surface area contributed by atoms with Crippen molar-refractivity contribution in [2.45, 2.75) is 6.92 Å². The van der Waals surface area contributed by atoms with Crippen LogP contribution in [0.3, 0.4) is 0 Å². The van der Waals surface area contributed by atoms with Crippen LogP contribution in [-0.4, -0.2) is 5.91 Å². The summed E-state index contributed by atoms with van der Waals surface area (Å²) in [5.41, 5.74) is 0.863. The third-order valence-electron chi connectivity index (χ3n) is 0.983. The van der Waals surface area contributed by atoms with Gasteiger partial charge in [0.15, 0.2) is 0 Å². The Kier molecular flexibility index (Phi) is 1.58.